The van der Waals surface area contributed by atoms with E-state index in [9.17, 15) is 5.11 Å². The van der Waals surface area contributed by atoms with E-state index in [0.29, 0.717) is 5.92 Å². The van der Waals surface area contributed by atoms with Gasteiger partial charge < -0.3 is 10.8 Å². The zero-order chi connectivity index (χ0) is 12.1. The molecule has 1 aliphatic carbocycles. The van der Waals surface area contributed by atoms with E-state index >= 15 is 0 Å². The largest absolute Gasteiger partial charge is 0.393 e. The highest BCUT2D eigenvalue weighted by Crippen LogP contribution is 2.34. The van der Waals surface area contributed by atoms with Gasteiger partial charge in [-0.15, -0.1) is 0 Å². The predicted molar refractivity (Wildman–Crippen MR) is 71.0 cm³/mol. The molecule has 0 radical (unpaired) electrons. The normalized spacial score (nSPS) is 24.8. The van der Waals surface area contributed by atoms with E-state index in [0.717, 1.165) is 38.6 Å². The molecule has 94 valence electrons. The lowest BCUT2D eigenvalue weighted by atomic mass is 9.80. The molecule has 0 heterocycles. The number of benzene rings is 1. The monoisotopic (exact) mass is 233 g/mol. The highest BCUT2D eigenvalue weighted by molar-refractivity contribution is 5.31. The molecule has 3 N–H and O–H groups in total. The molecule has 1 aliphatic rings. The summed E-state index contributed by atoms with van der Waals surface area (Å²) < 4.78 is 0. The van der Waals surface area contributed by atoms with E-state index in [-0.39, 0.29) is 6.10 Å². The lowest BCUT2D eigenvalue weighted by molar-refractivity contribution is 0.119. The Bertz CT molecular complexity index is 351. The Kier molecular flexibility index (Phi) is 4.57. The number of aliphatic hydroxyl groups is 1. The fourth-order valence-corrected chi connectivity index (χ4v) is 2.90. The Labute approximate surface area is 104 Å². The fraction of sp³-hybridized carbons (Fsp3) is 0.600. The highest BCUT2D eigenvalue weighted by atomic mass is 16.3. The van der Waals surface area contributed by atoms with Crippen LogP contribution in [0.3, 0.4) is 0 Å². The third-order valence-corrected chi connectivity index (χ3v) is 3.79. The van der Waals surface area contributed by atoms with Crippen molar-refractivity contribution in [1.29, 1.82) is 0 Å². The van der Waals surface area contributed by atoms with Gasteiger partial charge >= 0.3 is 0 Å². The Hall–Kier alpha value is -0.860. The second kappa shape index (κ2) is 6.18. The van der Waals surface area contributed by atoms with E-state index < -0.39 is 0 Å². The number of rotatable bonds is 4. The standard InChI is InChI=1S/C15H23NO/c16-10-4-7-12-5-1-2-9-15(12)13-6-3-8-14(17)11-13/h1-2,5,9,13-14,17H,3-4,6-8,10-11,16H2. The molecule has 2 rings (SSSR count). The maximum atomic E-state index is 9.79. The first-order valence-corrected chi connectivity index (χ1v) is 6.77. The van der Waals surface area contributed by atoms with Gasteiger partial charge in [0.2, 0.25) is 0 Å². The SMILES string of the molecule is NCCCc1ccccc1C1CCCC(O)C1. The van der Waals surface area contributed by atoms with E-state index in [2.05, 4.69) is 24.3 Å². The van der Waals surface area contributed by atoms with Gasteiger partial charge in [0.1, 0.15) is 0 Å². The molecule has 0 aromatic heterocycles. The molecule has 0 amide bonds. The number of hydrogen-bond acceptors (Lipinski definition) is 2. The highest BCUT2D eigenvalue weighted by Gasteiger charge is 2.22. The first-order chi connectivity index (χ1) is 8.31. The molecule has 1 aromatic carbocycles. The number of nitrogens with two attached hydrogens (primary N) is 1. The Balaban J connectivity index is 2.12. The average Bonchev–Trinajstić information content (AvgIpc) is 2.37. The van der Waals surface area contributed by atoms with Crippen LogP contribution in [0, 0.1) is 0 Å². The fourth-order valence-electron chi connectivity index (χ4n) is 2.90. The summed E-state index contributed by atoms with van der Waals surface area (Å²) in [5.74, 6) is 0.549. The Morgan fingerprint density at radius 2 is 2.06 bits per heavy atom. The summed E-state index contributed by atoms with van der Waals surface area (Å²) in [6.07, 6.45) is 6.29. The summed E-state index contributed by atoms with van der Waals surface area (Å²) in [5, 5.41) is 9.79. The molecule has 17 heavy (non-hydrogen) atoms. The number of hydrogen-bond donors (Lipinski definition) is 2. The van der Waals surface area contributed by atoms with Crippen molar-refractivity contribution in [2.45, 2.75) is 50.5 Å². The molecule has 2 unspecified atom stereocenters. The maximum Gasteiger partial charge on any atom is 0.0546 e. The quantitative estimate of drug-likeness (QED) is 0.839. The lowest BCUT2D eigenvalue weighted by Crippen LogP contribution is -2.19. The summed E-state index contributed by atoms with van der Waals surface area (Å²) in [4.78, 5) is 0. The molecule has 0 aliphatic heterocycles. The molecule has 0 bridgehead atoms. The Morgan fingerprint density at radius 1 is 1.24 bits per heavy atom. The van der Waals surface area contributed by atoms with E-state index in [1.807, 2.05) is 0 Å². The second-order valence-corrected chi connectivity index (χ2v) is 5.11. The van der Waals surface area contributed by atoms with Gasteiger partial charge in [-0.25, -0.2) is 0 Å². The lowest BCUT2D eigenvalue weighted by Gasteiger charge is -2.27. The zero-order valence-corrected chi connectivity index (χ0v) is 10.4. The second-order valence-electron chi connectivity index (χ2n) is 5.11. The summed E-state index contributed by atoms with van der Waals surface area (Å²) >= 11 is 0. The summed E-state index contributed by atoms with van der Waals surface area (Å²) in [6, 6.07) is 8.66. The third kappa shape index (κ3) is 3.30. The van der Waals surface area contributed by atoms with Crippen LogP contribution in [0.1, 0.15) is 49.1 Å². The van der Waals surface area contributed by atoms with Gasteiger partial charge in [0.25, 0.3) is 0 Å². The van der Waals surface area contributed by atoms with Crippen molar-refractivity contribution in [2.24, 2.45) is 5.73 Å². The van der Waals surface area contributed by atoms with Gasteiger partial charge in [0, 0.05) is 0 Å². The molecule has 1 saturated carbocycles. The van der Waals surface area contributed by atoms with Crippen molar-refractivity contribution in [3.63, 3.8) is 0 Å². The van der Waals surface area contributed by atoms with Crippen LogP contribution in [0.15, 0.2) is 24.3 Å². The number of aliphatic hydroxyl groups excluding tert-OH is 1. The van der Waals surface area contributed by atoms with Gasteiger partial charge in [0.15, 0.2) is 0 Å². The van der Waals surface area contributed by atoms with Crippen LogP contribution in [0.4, 0.5) is 0 Å². The maximum absolute atomic E-state index is 9.79. The predicted octanol–water partition coefficient (Wildman–Crippen LogP) is 2.60. The van der Waals surface area contributed by atoms with E-state index in [1.165, 1.54) is 17.5 Å². The van der Waals surface area contributed by atoms with Crippen molar-refractivity contribution >= 4 is 0 Å². The average molecular weight is 233 g/mol. The van der Waals surface area contributed by atoms with Gasteiger partial charge in [-0.05, 0) is 55.7 Å². The molecule has 2 nitrogen and oxygen atoms in total. The zero-order valence-electron chi connectivity index (χ0n) is 10.4. The summed E-state index contributed by atoms with van der Waals surface area (Å²) in [5.41, 5.74) is 8.46. The summed E-state index contributed by atoms with van der Waals surface area (Å²) in [7, 11) is 0. The van der Waals surface area contributed by atoms with Crippen LogP contribution in [-0.4, -0.2) is 17.8 Å². The van der Waals surface area contributed by atoms with E-state index in [1.54, 1.807) is 0 Å². The minimum atomic E-state index is -0.101. The van der Waals surface area contributed by atoms with Crippen LogP contribution in [0.5, 0.6) is 0 Å². The first kappa shape index (κ1) is 12.6. The molecule has 0 spiro atoms. The molecule has 1 aromatic rings. The van der Waals surface area contributed by atoms with Crippen molar-refractivity contribution in [3.05, 3.63) is 35.4 Å². The van der Waals surface area contributed by atoms with Crippen LogP contribution in [0.2, 0.25) is 0 Å². The molecule has 0 saturated heterocycles. The van der Waals surface area contributed by atoms with Crippen LogP contribution >= 0.6 is 0 Å². The topological polar surface area (TPSA) is 46.2 Å². The minimum Gasteiger partial charge on any atom is -0.393 e. The van der Waals surface area contributed by atoms with Crippen molar-refractivity contribution in [2.75, 3.05) is 6.54 Å². The van der Waals surface area contributed by atoms with Crippen LogP contribution < -0.4 is 5.73 Å². The molecule has 2 heteroatoms. The molecular formula is C15H23NO. The third-order valence-electron chi connectivity index (χ3n) is 3.79. The van der Waals surface area contributed by atoms with Crippen molar-refractivity contribution < 1.29 is 5.11 Å². The molecule has 2 atom stereocenters. The summed E-state index contributed by atoms with van der Waals surface area (Å²) in [6.45, 7) is 0.752. The van der Waals surface area contributed by atoms with Gasteiger partial charge in [0.05, 0.1) is 6.10 Å². The minimum absolute atomic E-state index is 0.101. The first-order valence-electron chi connectivity index (χ1n) is 6.77. The van der Waals surface area contributed by atoms with Gasteiger partial charge in [-0.2, -0.15) is 0 Å². The van der Waals surface area contributed by atoms with Crippen LogP contribution in [-0.2, 0) is 6.42 Å². The molecule has 1 fully saturated rings. The van der Waals surface area contributed by atoms with Crippen molar-refractivity contribution in [1.82, 2.24) is 0 Å². The van der Waals surface area contributed by atoms with Crippen molar-refractivity contribution in [3.8, 4) is 0 Å². The van der Waals surface area contributed by atoms with Gasteiger partial charge in [-0.1, -0.05) is 30.7 Å². The number of aryl methyl sites for hydroxylation is 1. The Morgan fingerprint density at radius 3 is 2.82 bits per heavy atom. The van der Waals surface area contributed by atoms with E-state index in [4.69, 9.17) is 5.73 Å². The smallest absolute Gasteiger partial charge is 0.0546 e. The van der Waals surface area contributed by atoms with Crippen LogP contribution in [0.25, 0.3) is 0 Å². The van der Waals surface area contributed by atoms with Gasteiger partial charge in [-0.3, -0.25) is 0 Å². The molecular weight excluding hydrogens is 210 g/mol.